The van der Waals surface area contributed by atoms with Crippen LogP contribution in [0.15, 0.2) is 48.8 Å². The van der Waals surface area contributed by atoms with Crippen molar-refractivity contribution in [2.75, 3.05) is 0 Å². The number of rotatable bonds is 2. The third kappa shape index (κ3) is 2.73. The summed E-state index contributed by atoms with van der Waals surface area (Å²) in [5, 5.41) is 0. The Kier molecular flexibility index (Phi) is 4.51. The van der Waals surface area contributed by atoms with Gasteiger partial charge in [0.1, 0.15) is 12.6 Å². The Morgan fingerprint density at radius 1 is 1.17 bits per heavy atom. The van der Waals surface area contributed by atoms with Gasteiger partial charge in [-0.1, -0.05) is 37.1 Å². The van der Waals surface area contributed by atoms with Gasteiger partial charge in [0.05, 0.1) is 0 Å². The summed E-state index contributed by atoms with van der Waals surface area (Å²) >= 11 is 0. The van der Waals surface area contributed by atoms with E-state index in [2.05, 4.69) is 37.1 Å². The Balaban J connectivity index is 1.45. The van der Waals surface area contributed by atoms with Crippen molar-refractivity contribution in [3.8, 4) is 12.3 Å². The first-order chi connectivity index (χ1) is 14.5. The van der Waals surface area contributed by atoms with Crippen LogP contribution in [0.1, 0.15) is 66.4 Å². The molecule has 0 radical (unpaired) electrons. The maximum atomic E-state index is 13.0. The summed E-state index contributed by atoms with van der Waals surface area (Å²) in [5.41, 5.74) is 2.64. The Morgan fingerprint density at radius 2 is 2.00 bits per heavy atom. The van der Waals surface area contributed by atoms with Gasteiger partial charge in [0, 0.05) is 11.5 Å². The minimum atomic E-state index is -0.814. The van der Waals surface area contributed by atoms with Gasteiger partial charge < -0.3 is 4.74 Å². The SMILES string of the molecule is C#C[C@@]1(OC(=O)c2ccc[n+](C)c2)CCC2C3CCc4ccccc4C3CC[C@@]21C. The monoisotopic (exact) mass is 400 g/mol. The highest BCUT2D eigenvalue weighted by atomic mass is 16.6. The van der Waals surface area contributed by atoms with Crippen molar-refractivity contribution in [1.29, 1.82) is 0 Å². The molecule has 5 atom stereocenters. The van der Waals surface area contributed by atoms with Crippen LogP contribution in [0.5, 0.6) is 0 Å². The molecule has 1 heterocycles. The van der Waals surface area contributed by atoms with Crippen molar-refractivity contribution < 1.29 is 14.1 Å². The molecule has 2 fully saturated rings. The molecule has 3 unspecified atom stereocenters. The number of carbonyl (C=O) groups is 1. The second kappa shape index (κ2) is 6.98. The molecule has 0 N–H and O–H groups in total. The molecule has 0 spiro atoms. The first-order valence-corrected chi connectivity index (χ1v) is 11.2. The van der Waals surface area contributed by atoms with E-state index in [1.807, 2.05) is 23.9 Å². The van der Waals surface area contributed by atoms with Gasteiger partial charge in [0.2, 0.25) is 0 Å². The molecule has 0 aliphatic heterocycles. The van der Waals surface area contributed by atoms with E-state index in [9.17, 15) is 4.79 Å². The zero-order valence-corrected chi connectivity index (χ0v) is 17.9. The number of aromatic nitrogens is 1. The molecule has 5 rings (SSSR count). The van der Waals surface area contributed by atoms with Crippen LogP contribution in [0.25, 0.3) is 0 Å². The predicted molar refractivity (Wildman–Crippen MR) is 116 cm³/mol. The molecule has 3 aliphatic rings. The lowest BCUT2D eigenvalue weighted by Gasteiger charge is -2.52. The van der Waals surface area contributed by atoms with Crippen molar-refractivity contribution in [2.24, 2.45) is 24.3 Å². The number of esters is 1. The van der Waals surface area contributed by atoms with Crippen LogP contribution in [0.2, 0.25) is 0 Å². The Bertz CT molecular complexity index is 1040. The van der Waals surface area contributed by atoms with Crippen LogP contribution >= 0.6 is 0 Å². The van der Waals surface area contributed by atoms with Crippen LogP contribution in [0, 0.1) is 29.6 Å². The number of terminal acetylenes is 1. The molecule has 3 aliphatic carbocycles. The number of fused-ring (bicyclic) bond motifs is 5. The van der Waals surface area contributed by atoms with Gasteiger partial charge in [-0.25, -0.2) is 9.36 Å². The number of hydrogen-bond donors (Lipinski definition) is 0. The lowest BCUT2D eigenvalue weighted by Crippen LogP contribution is -2.52. The van der Waals surface area contributed by atoms with Crippen LogP contribution in [0.4, 0.5) is 0 Å². The van der Waals surface area contributed by atoms with Crippen molar-refractivity contribution in [2.45, 2.75) is 57.0 Å². The van der Waals surface area contributed by atoms with E-state index in [1.54, 1.807) is 17.8 Å². The number of carbonyl (C=O) groups excluding carboxylic acids is 1. The van der Waals surface area contributed by atoms with E-state index in [0.29, 0.717) is 23.3 Å². The maximum absolute atomic E-state index is 13.0. The minimum absolute atomic E-state index is 0.165. The van der Waals surface area contributed by atoms with Crippen LogP contribution in [-0.2, 0) is 18.2 Å². The highest BCUT2D eigenvalue weighted by molar-refractivity contribution is 5.89. The largest absolute Gasteiger partial charge is 0.441 e. The van der Waals surface area contributed by atoms with E-state index in [-0.39, 0.29) is 11.4 Å². The third-order valence-electron chi connectivity index (χ3n) is 8.43. The van der Waals surface area contributed by atoms with E-state index in [4.69, 9.17) is 11.2 Å². The Labute approximate surface area is 179 Å². The molecule has 154 valence electrons. The number of hydrogen-bond acceptors (Lipinski definition) is 2. The number of pyridine rings is 1. The number of nitrogens with zero attached hydrogens (tertiary/aromatic N) is 1. The summed E-state index contributed by atoms with van der Waals surface area (Å²) in [5.74, 6) is 4.44. The van der Waals surface area contributed by atoms with Crippen LogP contribution in [-0.4, -0.2) is 11.6 Å². The second-order valence-electron chi connectivity index (χ2n) is 9.73. The maximum Gasteiger partial charge on any atom is 0.345 e. The standard InChI is InChI=1S/C27H30NO2/c1-4-27(30-25(29)20-9-7-17-28(3)18-20)16-14-24-23-12-11-19-8-5-6-10-21(19)22(23)13-15-26(24,27)2/h1,5-10,17-18,22-24H,11-16H2,2-3H3/q+1/t22?,23?,24?,26-,27+/m0/s1. The Hall–Kier alpha value is -2.60. The number of aryl methyl sites for hydroxylation is 2. The molecule has 3 nitrogen and oxygen atoms in total. The van der Waals surface area contributed by atoms with E-state index in [0.717, 1.165) is 32.1 Å². The number of ether oxygens (including phenoxy) is 1. The third-order valence-corrected chi connectivity index (χ3v) is 8.43. The first-order valence-electron chi connectivity index (χ1n) is 11.2. The molecule has 2 saturated carbocycles. The van der Waals surface area contributed by atoms with E-state index < -0.39 is 5.60 Å². The predicted octanol–water partition coefficient (Wildman–Crippen LogP) is 4.60. The normalized spacial score (nSPS) is 34.2. The zero-order valence-electron chi connectivity index (χ0n) is 17.9. The first kappa shape index (κ1) is 19.4. The van der Waals surface area contributed by atoms with Crippen molar-refractivity contribution in [3.05, 3.63) is 65.5 Å². The van der Waals surface area contributed by atoms with Gasteiger partial charge >= 0.3 is 5.97 Å². The van der Waals surface area contributed by atoms with Gasteiger partial charge in [-0.05, 0) is 73.5 Å². The lowest BCUT2D eigenvalue weighted by atomic mass is 9.53. The fourth-order valence-corrected chi connectivity index (χ4v) is 6.88. The summed E-state index contributed by atoms with van der Waals surface area (Å²) in [4.78, 5) is 13.0. The molecular formula is C27H30NO2+. The van der Waals surface area contributed by atoms with Crippen molar-refractivity contribution in [3.63, 3.8) is 0 Å². The zero-order chi connectivity index (χ0) is 20.9. The quantitative estimate of drug-likeness (QED) is 0.419. The van der Waals surface area contributed by atoms with Crippen molar-refractivity contribution in [1.82, 2.24) is 0 Å². The summed E-state index contributed by atoms with van der Waals surface area (Å²) < 4.78 is 8.09. The van der Waals surface area contributed by atoms with Gasteiger partial charge in [-0.2, -0.15) is 0 Å². The minimum Gasteiger partial charge on any atom is -0.441 e. The molecule has 0 saturated heterocycles. The van der Waals surface area contributed by atoms with Crippen LogP contribution in [0.3, 0.4) is 0 Å². The molecule has 3 heteroatoms. The van der Waals surface area contributed by atoms with Gasteiger partial charge in [0.25, 0.3) is 0 Å². The van der Waals surface area contributed by atoms with E-state index >= 15 is 0 Å². The topological polar surface area (TPSA) is 30.2 Å². The van der Waals surface area contributed by atoms with Gasteiger partial charge in [0.15, 0.2) is 18.0 Å². The highest BCUT2D eigenvalue weighted by Crippen LogP contribution is 2.65. The highest BCUT2D eigenvalue weighted by Gasteiger charge is 2.63. The second-order valence-corrected chi connectivity index (χ2v) is 9.73. The molecule has 1 aromatic heterocycles. The molecule has 0 amide bonds. The average molecular weight is 401 g/mol. The van der Waals surface area contributed by atoms with Gasteiger partial charge in [-0.3, -0.25) is 0 Å². The van der Waals surface area contributed by atoms with Crippen LogP contribution < -0.4 is 4.57 Å². The molecular weight excluding hydrogens is 370 g/mol. The lowest BCUT2D eigenvalue weighted by molar-refractivity contribution is -0.671. The van der Waals surface area contributed by atoms with Gasteiger partial charge in [-0.15, -0.1) is 6.42 Å². The summed E-state index contributed by atoms with van der Waals surface area (Å²) in [6, 6.07) is 12.6. The fourth-order valence-electron chi connectivity index (χ4n) is 6.88. The fraction of sp³-hybridized carbons (Fsp3) is 0.481. The summed E-state index contributed by atoms with van der Waals surface area (Å²) in [6.45, 7) is 2.29. The number of benzene rings is 1. The molecule has 30 heavy (non-hydrogen) atoms. The molecule has 2 aromatic rings. The van der Waals surface area contributed by atoms with E-state index in [1.165, 1.54) is 12.0 Å². The summed E-state index contributed by atoms with van der Waals surface area (Å²) in [7, 11) is 1.91. The molecule has 1 aromatic carbocycles. The van der Waals surface area contributed by atoms with Crippen molar-refractivity contribution >= 4 is 5.97 Å². The summed E-state index contributed by atoms with van der Waals surface area (Å²) in [6.07, 6.45) is 16.1. The molecule has 0 bridgehead atoms. The smallest absolute Gasteiger partial charge is 0.345 e. The average Bonchev–Trinajstić information content (AvgIpc) is 3.06. The Morgan fingerprint density at radius 3 is 2.80 bits per heavy atom.